The number of benzene rings is 2. The Labute approximate surface area is 190 Å². The van der Waals surface area contributed by atoms with Crippen molar-refractivity contribution in [3.8, 4) is 5.75 Å². The number of carbonyl (C=O) groups excluding carboxylic acids is 1. The summed E-state index contributed by atoms with van der Waals surface area (Å²) in [5.41, 5.74) is 15.8. The Kier molecular flexibility index (Phi) is 8.39. The lowest BCUT2D eigenvalue weighted by atomic mass is 10.1. The first-order valence-corrected chi connectivity index (χ1v) is 11.4. The Morgan fingerprint density at radius 3 is 2.19 bits per heavy atom. The van der Waals surface area contributed by atoms with E-state index in [1.807, 2.05) is 29.2 Å². The van der Waals surface area contributed by atoms with Crippen LogP contribution in [0.3, 0.4) is 0 Å². The molecule has 2 aromatic rings. The average Bonchev–Trinajstić information content (AvgIpc) is 3.12. The van der Waals surface area contributed by atoms with E-state index in [1.165, 1.54) is 11.1 Å². The molecule has 0 aromatic heterocycles. The maximum absolute atomic E-state index is 13.0. The van der Waals surface area contributed by atoms with Crippen molar-refractivity contribution in [3.05, 3.63) is 76.7 Å². The van der Waals surface area contributed by atoms with Gasteiger partial charge >= 0.3 is 0 Å². The van der Waals surface area contributed by atoms with Gasteiger partial charge in [-0.2, -0.15) is 0 Å². The van der Waals surface area contributed by atoms with Crippen LogP contribution in [0.2, 0.25) is 0 Å². The Bertz CT molecular complexity index is 909. The Hall–Kier alpha value is -3.19. The van der Waals surface area contributed by atoms with Crippen molar-refractivity contribution >= 4 is 5.91 Å². The van der Waals surface area contributed by atoms with Crippen molar-refractivity contribution in [2.45, 2.75) is 52.4 Å². The van der Waals surface area contributed by atoms with Gasteiger partial charge in [-0.1, -0.05) is 50.2 Å². The smallest absolute Gasteiger partial charge is 0.271 e. The molecule has 0 aliphatic carbocycles. The highest BCUT2D eigenvalue weighted by Crippen LogP contribution is 2.25. The van der Waals surface area contributed by atoms with Crippen LogP contribution >= 0.6 is 0 Å². The molecule has 1 atom stereocenters. The summed E-state index contributed by atoms with van der Waals surface area (Å²) in [7, 11) is 0. The summed E-state index contributed by atoms with van der Waals surface area (Å²) in [6.07, 6.45) is 3.04. The van der Waals surface area contributed by atoms with Gasteiger partial charge in [0.2, 0.25) is 0 Å². The Balaban J connectivity index is 1.79. The minimum atomic E-state index is -0.585. The molecular formula is C25H35N5O2. The second-order valence-electron chi connectivity index (χ2n) is 7.92. The van der Waals surface area contributed by atoms with Crippen molar-refractivity contribution < 1.29 is 9.53 Å². The molecule has 0 fully saturated rings. The summed E-state index contributed by atoms with van der Waals surface area (Å²) in [5, 5.41) is 6.09. The molecule has 7 heteroatoms. The molecule has 1 unspecified atom stereocenters. The molecule has 172 valence electrons. The van der Waals surface area contributed by atoms with Crippen molar-refractivity contribution in [3.63, 3.8) is 0 Å². The Morgan fingerprint density at radius 2 is 1.59 bits per heavy atom. The largest absolute Gasteiger partial charge is 0.452 e. The summed E-state index contributed by atoms with van der Waals surface area (Å²) >= 11 is 0. The van der Waals surface area contributed by atoms with Crippen molar-refractivity contribution in [1.82, 2.24) is 15.5 Å². The number of ether oxygens (including phenoxy) is 1. The minimum absolute atomic E-state index is 0.218. The van der Waals surface area contributed by atoms with Crippen molar-refractivity contribution in [2.75, 3.05) is 13.1 Å². The zero-order valence-corrected chi connectivity index (χ0v) is 19.1. The number of aryl methyl sites for hydroxylation is 2. The summed E-state index contributed by atoms with van der Waals surface area (Å²) in [5.74, 6) is 0.801. The first-order chi connectivity index (χ1) is 15.5. The average molecular weight is 438 g/mol. The normalized spacial score (nSPS) is 15.6. The molecular weight excluding hydrogens is 402 g/mol. The van der Waals surface area contributed by atoms with E-state index >= 15 is 0 Å². The molecule has 0 saturated carbocycles. The second kappa shape index (κ2) is 11.4. The molecule has 7 nitrogen and oxygen atoms in total. The van der Waals surface area contributed by atoms with Gasteiger partial charge in [0.15, 0.2) is 0 Å². The summed E-state index contributed by atoms with van der Waals surface area (Å²) in [4.78, 5) is 14.9. The van der Waals surface area contributed by atoms with Crippen LogP contribution in [0, 0.1) is 0 Å². The van der Waals surface area contributed by atoms with Gasteiger partial charge in [-0.3, -0.25) is 4.79 Å². The first-order valence-electron chi connectivity index (χ1n) is 11.4. The van der Waals surface area contributed by atoms with E-state index in [-0.39, 0.29) is 5.91 Å². The number of amides is 1. The van der Waals surface area contributed by atoms with Gasteiger partial charge in [-0.15, -0.1) is 0 Å². The fraction of sp³-hybridized carbons (Fsp3) is 0.400. The fourth-order valence-corrected chi connectivity index (χ4v) is 3.62. The van der Waals surface area contributed by atoms with E-state index in [9.17, 15) is 4.79 Å². The molecule has 2 aromatic carbocycles. The third-order valence-corrected chi connectivity index (χ3v) is 5.60. The SMILES string of the molecule is CCc1ccc(CN2C(C(=O)NCCCCN)=C(N)NC2Oc2ccc(CC)cc2)cc1. The molecule has 0 radical (unpaired) electrons. The van der Waals surface area contributed by atoms with Crippen LogP contribution in [-0.2, 0) is 24.2 Å². The lowest BCUT2D eigenvalue weighted by Crippen LogP contribution is -2.44. The number of hydrogen-bond acceptors (Lipinski definition) is 6. The highest BCUT2D eigenvalue weighted by atomic mass is 16.5. The van der Waals surface area contributed by atoms with Crippen molar-refractivity contribution in [2.24, 2.45) is 11.5 Å². The number of nitrogens with zero attached hydrogens (tertiary/aromatic N) is 1. The van der Waals surface area contributed by atoms with E-state index < -0.39 is 6.35 Å². The zero-order valence-electron chi connectivity index (χ0n) is 19.1. The molecule has 32 heavy (non-hydrogen) atoms. The molecule has 3 rings (SSSR count). The van der Waals surface area contributed by atoms with Gasteiger partial charge in [0.05, 0.1) is 0 Å². The molecule has 1 aliphatic rings. The molecule has 0 spiro atoms. The van der Waals surface area contributed by atoms with Crippen LogP contribution < -0.4 is 26.8 Å². The predicted molar refractivity (Wildman–Crippen MR) is 127 cm³/mol. The zero-order chi connectivity index (χ0) is 22.9. The summed E-state index contributed by atoms with van der Waals surface area (Å²) in [6, 6.07) is 16.3. The van der Waals surface area contributed by atoms with Gasteiger partial charge in [-0.05, 0) is 61.1 Å². The fourth-order valence-electron chi connectivity index (χ4n) is 3.62. The van der Waals surface area contributed by atoms with E-state index in [0.717, 1.165) is 31.2 Å². The molecule has 1 aliphatic heterocycles. The molecule has 1 amide bonds. The van der Waals surface area contributed by atoms with Crippen LogP contribution in [0.4, 0.5) is 0 Å². The van der Waals surface area contributed by atoms with Gasteiger partial charge in [0.25, 0.3) is 12.3 Å². The molecule has 0 bridgehead atoms. The van der Waals surface area contributed by atoms with Gasteiger partial charge in [0, 0.05) is 13.1 Å². The van der Waals surface area contributed by atoms with Crippen LogP contribution in [0.5, 0.6) is 5.75 Å². The standard InChI is InChI=1S/C25H35N5O2/c1-3-18-7-9-20(10-8-18)17-30-22(24(31)28-16-6-5-15-26)23(27)29-25(30)32-21-13-11-19(4-2)12-14-21/h7-14,25,29H,3-6,15-17,26-27H2,1-2H3,(H,28,31). The van der Waals surface area contributed by atoms with Crippen LogP contribution in [0.25, 0.3) is 0 Å². The predicted octanol–water partition coefficient (Wildman–Crippen LogP) is 2.56. The van der Waals surface area contributed by atoms with Gasteiger partial charge < -0.3 is 31.7 Å². The lowest BCUT2D eigenvalue weighted by Gasteiger charge is -2.28. The second-order valence-corrected chi connectivity index (χ2v) is 7.92. The molecule has 1 heterocycles. The van der Waals surface area contributed by atoms with E-state index in [4.69, 9.17) is 16.2 Å². The number of carbonyl (C=O) groups is 1. The van der Waals surface area contributed by atoms with E-state index in [2.05, 4.69) is 48.7 Å². The number of nitrogens with two attached hydrogens (primary N) is 2. The van der Waals surface area contributed by atoms with Crippen LogP contribution in [-0.4, -0.2) is 30.2 Å². The number of rotatable bonds is 11. The van der Waals surface area contributed by atoms with Crippen molar-refractivity contribution in [1.29, 1.82) is 0 Å². The monoisotopic (exact) mass is 437 g/mol. The summed E-state index contributed by atoms with van der Waals surface area (Å²) < 4.78 is 6.20. The highest BCUT2D eigenvalue weighted by Gasteiger charge is 2.35. The molecule has 0 saturated heterocycles. The lowest BCUT2D eigenvalue weighted by molar-refractivity contribution is -0.120. The van der Waals surface area contributed by atoms with E-state index in [1.54, 1.807) is 0 Å². The van der Waals surface area contributed by atoms with Gasteiger partial charge in [-0.25, -0.2) is 0 Å². The summed E-state index contributed by atoms with van der Waals surface area (Å²) in [6.45, 7) is 5.89. The Morgan fingerprint density at radius 1 is 1.00 bits per heavy atom. The third kappa shape index (κ3) is 5.95. The van der Waals surface area contributed by atoms with Crippen LogP contribution in [0.1, 0.15) is 43.4 Å². The third-order valence-electron chi connectivity index (χ3n) is 5.60. The number of hydrogen-bond donors (Lipinski definition) is 4. The first kappa shape index (κ1) is 23.5. The number of nitrogens with one attached hydrogen (secondary N) is 2. The van der Waals surface area contributed by atoms with Gasteiger partial charge in [0.1, 0.15) is 17.3 Å². The number of unbranched alkanes of at least 4 members (excludes halogenated alkanes) is 1. The minimum Gasteiger partial charge on any atom is -0.452 e. The maximum atomic E-state index is 13.0. The molecule has 6 N–H and O–H groups in total. The van der Waals surface area contributed by atoms with Crippen LogP contribution in [0.15, 0.2) is 60.0 Å². The van der Waals surface area contributed by atoms with E-state index in [0.29, 0.717) is 36.9 Å². The topological polar surface area (TPSA) is 106 Å². The maximum Gasteiger partial charge on any atom is 0.271 e. The highest BCUT2D eigenvalue weighted by molar-refractivity contribution is 5.93. The quantitative estimate of drug-likeness (QED) is 0.403.